The Hall–Kier alpha value is -0.618. The molecule has 0 bridgehead atoms. The summed E-state index contributed by atoms with van der Waals surface area (Å²) in [5.41, 5.74) is 3.35. The van der Waals surface area contributed by atoms with Crippen LogP contribution in [0.2, 0.25) is 0 Å². The van der Waals surface area contributed by atoms with E-state index in [1.807, 2.05) is 32.8 Å². The first kappa shape index (κ1) is 11.5. The van der Waals surface area contributed by atoms with Crippen molar-refractivity contribution in [2.24, 2.45) is 0 Å². The van der Waals surface area contributed by atoms with Crippen molar-refractivity contribution in [1.82, 2.24) is 4.90 Å². The molecule has 0 saturated carbocycles. The van der Waals surface area contributed by atoms with Gasteiger partial charge in [0.2, 0.25) is 0 Å². The van der Waals surface area contributed by atoms with Gasteiger partial charge >= 0.3 is 92.9 Å². The average Bonchev–Trinajstić information content (AvgIpc) is 2.01. The fraction of sp³-hybridized carbons (Fsp3) is 0.364. The molecule has 1 aromatic carbocycles. The fourth-order valence-electron chi connectivity index (χ4n) is 1.50. The van der Waals surface area contributed by atoms with E-state index in [0.29, 0.717) is 5.75 Å². The summed E-state index contributed by atoms with van der Waals surface area (Å²) in [6, 6.07) is 3.56. The predicted octanol–water partition coefficient (Wildman–Crippen LogP) is 1.60. The first-order chi connectivity index (χ1) is 6.43. The Morgan fingerprint density at radius 3 is 2.00 bits per heavy atom. The summed E-state index contributed by atoms with van der Waals surface area (Å²) in [4.78, 5) is 2.03. The summed E-state index contributed by atoms with van der Waals surface area (Å²) in [5.74, 6) is 0.329. The Labute approximate surface area is 93.1 Å². The van der Waals surface area contributed by atoms with Gasteiger partial charge in [0, 0.05) is 0 Å². The molecule has 1 N–H and O–H groups in total. The Morgan fingerprint density at radius 1 is 1.21 bits per heavy atom. The summed E-state index contributed by atoms with van der Waals surface area (Å²) in [6.07, 6.45) is 0. The molecule has 0 aliphatic carbocycles. The topological polar surface area (TPSA) is 23.5 Å². The van der Waals surface area contributed by atoms with Crippen LogP contribution in [-0.4, -0.2) is 28.6 Å². The van der Waals surface area contributed by atoms with E-state index in [0.717, 1.165) is 15.6 Å². The molecule has 0 fully saturated rings. The molecule has 0 amide bonds. The van der Waals surface area contributed by atoms with E-state index in [4.69, 9.17) is 0 Å². The van der Waals surface area contributed by atoms with Gasteiger partial charge in [0.05, 0.1) is 0 Å². The predicted molar refractivity (Wildman–Crippen MR) is 55.4 cm³/mol. The number of phenols is 1. The summed E-state index contributed by atoms with van der Waals surface area (Å²) < 4.78 is 1.10. The molecule has 0 aliphatic rings. The van der Waals surface area contributed by atoms with Crippen LogP contribution in [-0.2, 0) is 15.9 Å². The molecule has 0 aliphatic heterocycles. The molecular formula is C11H15CrNO. The molecule has 3 heteroatoms. The normalized spacial score (nSPS) is 10.6. The van der Waals surface area contributed by atoms with E-state index in [1.165, 1.54) is 5.56 Å². The van der Waals surface area contributed by atoms with Crippen molar-refractivity contribution in [3.8, 4) is 5.75 Å². The molecule has 0 saturated heterocycles. The minimum atomic E-state index is 0.329. The maximum absolute atomic E-state index is 9.41. The first-order valence-electron chi connectivity index (χ1n) is 4.45. The van der Waals surface area contributed by atoms with Crippen molar-refractivity contribution < 1.29 is 21.0 Å². The first-order valence-corrected chi connectivity index (χ1v) is 5.09. The summed E-state index contributed by atoms with van der Waals surface area (Å²) in [7, 11) is 4.00. The van der Waals surface area contributed by atoms with E-state index in [1.54, 1.807) is 12.1 Å². The minimum absolute atomic E-state index is 0.329. The molecule has 2 nitrogen and oxygen atoms in total. The van der Waals surface area contributed by atoms with E-state index in [2.05, 4.69) is 15.9 Å². The van der Waals surface area contributed by atoms with Crippen LogP contribution in [0.1, 0.15) is 16.7 Å². The molecule has 0 heterocycles. The molecule has 1 rings (SSSR count). The molecular weight excluding hydrogens is 214 g/mol. The third-order valence-corrected chi connectivity index (χ3v) is 3.03. The molecule has 0 spiro atoms. The Bertz CT molecular complexity index is 349. The van der Waals surface area contributed by atoms with Crippen molar-refractivity contribution in [3.05, 3.63) is 28.8 Å². The second-order valence-electron chi connectivity index (χ2n) is 3.65. The molecule has 0 aromatic heterocycles. The van der Waals surface area contributed by atoms with Crippen LogP contribution < -0.4 is 0 Å². The van der Waals surface area contributed by atoms with Crippen molar-refractivity contribution in [2.45, 2.75) is 13.8 Å². The van der Waals surface area contributed by atoms with Crippen LogP contribution in [0.3, 0.4) is 0 Å². The van der Waals surface area contributed by atoms with Gasteiger partial charge in [-0.2, -0.15) is 0 Å². The third-order valence-electron chi connectivity index (χ3n) is 2.14. The number of benzene rings is 1. The number of rotatable bonds is 2. The molecule has 0 atom stereocenters. The SMILES string of the molecule is Cc1cc(O)cc(C)c1[C](=[Cr])N(C)C. The Morgan fingerprint density at radius 2 is 1.64 bits per heavy atom. The van der Waals surface area contributed by atoms with Crippen molar-refractivity contribution in [3.63, 3.8) is 0 Å². The number of hydrogen-bond donors (Lipinski definition) is 1. The summed E-state index contributed by atoms with van der Waals surface area (Å²) in [5, 5.41) is 9.41. The van der Waals surface area contributed by atoms with Gasteiger partial charge < -0.3 is 0 Å². The zero-order valence-corrected chi connectivity index (χ0v) is 10.2. The van der Waals surface area contributed by atoms with Crippen molar-refractivity contribution >= 4 is 4.50 Å². The molecule has 0 radical (unpaired) electrons. The monoisotopic (exact) mass is 229 g/mol. The van der Waals surface area contributed by atoms with Crippen LogP contribution in [0.15, 0.2) is 12.1 Å². The zero-order valence-electron chi connectivity index (χ0n) is 8.96. The summed E-state index contributed by atoms with van der Waals surface area (Å²) >= 11 is 3.05. The third kappa shape index (κ3) is 2.24. The molecule has 14 heavy (non-hydrogen) atoms. The van der Waals surface area contributed by atoms with Crippen LogP contribution in [0, 0.1) is 13.8 Å². The van der Waals surface area contributed by atoms with Crippen LogP contribution in [0.4, 0.5) is 0 Å². The summed E-state index contributed by atoms with van der Waals surface area (Å²) in [6.45, 7) is 4.01. The van der Waals surface area contributed by atoms with Gasteiger partial charge in [0.1, 0.15) is 0 Å². The van der Waals surface area contributed by atoms with Gasteiger partial charge in [-0.25, -0.2) is 0 Å². The standard InChI is InChI=1S/C11H15NO.Cr/c1-8-5-10(13)6-9(2)11(8)7-12(3)4;/h5-6,13H,1-4H3;. The van der Waals surface area contributed by atoms with Crippen LogP contribution >= 0.6 is 0 Å². The number of aryl methyl sites for hydroxylation is 2. The van der Waals surface area contributed by atoms with Gasteiger partial charge in [-0.05, 0) is 0 Å². The van der Waals surface area contributed by atoms with Gasteiger partial charge in [0.15, 0.2) is 0 Å². The van der Waals surface area contributed by atoms with Gasteiger partial charge in [0.25, 0.3) is 0 Å². The second kappa shape index (κ2) is 4.27. The average molecular weight is 229 g/mol. The van der Waals surface area contributed by atoms with Gasteiger partial charge in [-0.3, -0.25) is 0 Å². The van der Waals surface area contributed by atoms with E-state index in [9.17, 15) is 5.11 Å². The van der Waals surface area contributed by atoms with E-state index >= 15 is 0 Å². The van der Waals surface area contributed by atoms with Crippen LogP contribution in [0.5, 0.6) is 5.75 Å². The maximum atomic E-state index is 9.41. The Balaban J connectivity index is 3.28. The number of hydrogen-bond acceptors (Lipinski definition) is 2. The number of phenolic OH excluding ortho intramolecular Hbond substituents is 1. The van der Waals surface area contributed by atoms with Gasteiger partial charge in [-0.1, -0.05) is 0 Å². The number of nitrogens with zero attached hydrogens (tertiary/aromatic N) is 1. The molecule has 1 aromatic rings. The Kier molecular flexibility index (Phi) is 3.49. The van der Waals surface area contributed by atoms with E-state index < -0.39 is 0 Å². The molecule has 76 valence electrons. The van der Waals surface area contributed by atoms with Crippen molar-refractivity contribution in [1.29, 1.82) is 0 Å². The van der Waals surface area contributed by atoms with Gasteiger partial charge in [-0.15, -0.1) is 0 Å². The number of aromatic hydroxyl groups is 1. The molecule has 0 unspecified atom stereocenters. The quantitative estimate of drug-likeness (QED) is 0.832. The van der Waals surface area contributed by atoms with Crippen molar-refractivity contribution in [2.75, 3.05) is 14.1 Å². The second-order valence-corrected chi connectivity index (χ2v) is 4.26. The fourth-order valence-corrected chi connectivity index (χ4v) is 2.00. The zero-order chi connectivity index (χ0) is 10.9. The van der Waals surface area contributed by atoms with Crippen LogP contribution in [0.25, 0.3) is 0 Å². The van der Waals surface area contributed by atoms with E-state index in [-0.39, 0.29) is 0 Å².